The largest absolute Gasteiger partial charge is 0.353 e. The predicted molar refractivity (Wildman–Crippen MR) is 121 cm³/mol. The summed E-state index contributed by atoms with van der Waals surface area (Å²) in [5.74, 6) is 1.49. The molecular formula is C24H33N5O. The van der Waals surface area contributed by atoms with Crippen LogP contribution in [0.15, 0.2) is 36.7 Å². The van der Waals surface area contributed by atoms with Crippen molar-refractivity contribution in [2.45, 2.75) is 57.5 Å². The van der Waals surface area contributed by atoms with Gasteiger partial charge in [0, 0.05) is 30.9 Å². The van der Waals surface area contributed by atoms with E-state index in [9.17, 15) is 4.79 Å². The first-order valence-corrected chi connectivity index (χ1v) is 11.2. The molecule has 30 heavy (non-hydrogen) atoms. The third-order valence-electron chi connectivity index (χ3n) is 6.10. The quantitative estimate of drug-likeness (QED) is 0.705. The Morgan fingerprint density at radius 2 is 1.83 bits per heavy atom. The lowest BCUT2D eigenvalue weighted by atomic mass is 9.94. The topological polar surface area (TPSA) is 61.4 Å². The molecule has 0 saturated heterocycles. The lowest BCUT2D eigenvalue weighted by molar-refractivity contribution is 0.102. The highest BCUT2D eigenvalue weighted by atomic mass is 16.1. The van der Waals surface area contributed by atoms with Crippen LogP contribution in [0.5, 0.6) is 0 Å². The van der Waals surface area contributed by atoms with E-state index in [-0.39, 0.29) is 5.91 Å². The number of benzene rings is 1. The van der Waals surface area contributed by atoms with Gasteiger partial charge in [0.25, 0.3) is 5.91 Å². The number of carbonyl (C=O) groups is 1. The molecule has 2 aromatic rings. The fourth-order valence-electron chi connectivity index (χ4n) is 4.34. The van der Waals surface area contributed by atoms with Gasteiger partial charge < -0.3 is 15.1 Å². The zero-order valence-corrected chi connectivity index (χ0v) is 18.2. The summed E-state index contributed by atoms with van der Waals surface area (Å²) in [6, 6.07) is 10.3. The highest BCUT2D eigenvalue weighted by molar-refractivity contribution is 6.03. The molecule has 160 valence electrons. The summed E-state index contributed by atoms with van der Waals surface area (Å²) in [6.07, 6.45) is 10.5. The Morgan fingerprint density at radius 3 is 2.57 bits per heavy atom. The highest BCUT2D eigenvalue weighted by Crippen LogP contribution is 2.34. The molecule has 2 fully saturated rings. The van der Waals surface area contributed by atoms with Gasteiger partial charge in [0.15, 0.2) is 0 Å². The maximum absolute atomic E-state index is 13.0. The molecule has 0 spiro atoms. The van der Waals surface area contributed by atoms with E-state index < -0.39 is 0 Å². The van der Waals surface area contributed by atoms with Crippen molar-refractivity contribution in [3.63, 3.8) is 0 Å². The van der Waals surface area contributed by atoms with E-state index >= 15 is 0 Å². The Kier molecular flexibility index (Phi) is 6.62. The summed E-state index contributed by atoms with van der Waals surface area (Å²) >= 11 is 0. The van der Waals surface area contributed by atoms with E-state index in [1.807, 2.05) is 44.4 Å². The second-order valence-electron chi connectivity index (χ2n) is 9.00. The minimum absolute atomic E-state index is 0.181. The van der Waals surface area contributed by atoms with Gasteiger partial charge in [-0.3, -0.25) is 4.79 Å². The van der Waals surface area contributed by atoms with E-state index in [0.717, 1.165) is 36.1 Å². The van der Waals surface area contributed by atoms with E-state index in [0.29, 0.717) is 11.7 Å². The van der Waals surface area contributed by atoms with Gasteiger partial charge in [0.1, 0.15) is 17.8 Å². The summed E-state index contributed by atoms with van der Waals surface area (Å²) in [6.45, 7) is 1.82. The fraction of sp³-hybridized carbons (Fsp3) is 0.542. The van der Waals surface area contributed by atoms with Gasteiger partial charge in [0.05, 0.1) is 0 Å². The van der Waals surface area contributed by atoms with Crippen molar-refractivity contribution in [2.75, 3.05) is 30.9 Å². The molecule has 1 heterocycles. The van der Waals surface area contributed by atoms with Crippen LogP contribution in [0.4, 0.5) is 11.5 Å². The van der Waals surface area contributed by atoms with E-state index in [4.69, 9.17) is 0 Å². The summed E-state index contributed by atoms with van der Waals surface area (Å²) in [7, 11) is 4.05. The maximum atomic E-state index is 13.0. The number of hydrogen-bond acceptors (Lipinski definition) is 5. The number of hydrogen-bond donors (Lipinski definition) is 1. The second kappa shape index (κ2) is 9.56. The highest BCUT2D eigenvalue weighted by Gasteiger charge is 2.30. The first kappa shape index (κ1) is 20.8. The van der Waals surface area contributed by atoms with Gasteiger partial charge in [-0.2, -0.15) is 0 Å². The molecule has 6 nitrogen and oxygen atoms in total. The average molecular weight is 408 g/mol. The molecular weight excluding hydrogens is 374 g/mol. The van der Waals surface area contributed by atoms with Crippen LogP contribution in [0.25, 0.3) is 0 Å². The first-order chi connectivity index (χ1) is 14.6. The number of anilines is 2. The van der Waals surface area contributed by atoms with Gasteiger partial charge in [-0.1, -0.05) is 37.5 Å². The fourth-order valence-corrected chi connectivity index (χ4v) is 4.34. The third-order valence-corrected chi connectivity index (χ3v) is 6.10. The molecule has 0 atom stereocenters. The molecule has 1 aromatic carbocycles. The number of nitrogens with one attached hydrogen (secondary N) is 1. The van der Waals surface area contributed by atoms with Crippen molar-refractivity contribution in [2.24, 2.45) is 5.92 Å². The smallest absolute Gasteiger partial charge is 0.274 e. The van der Waals surface area contributed by atoms with Crippen molar-refractivity contribution < 1.29 is 4.79 Å². The maximum Gasteiger partial charge on any atom is 0.274 e. The number of amides is 1. The van der Waals surface area contributed by atoms with Gasteiger partial charge in [0.2, 0.25) is 0 Å². The first-order valence-electron chi connectivity index (χ1n) is 11.2. The van der Waals surface area contributed by atoms with Crippen LogP contribution < -0.4 is 10.2 Å². The number of carbonyl (C=O) groups excluding carboxylic acids is 1. The molecule has 2 aliphatic rings. The average Bonchev–Trinajstić information content (AvgIpc) is 3.58. The minimum Gasteiger partial charge on any atom is -0.353 e. The van der Waals surface area contributed by atoms with E-state index in [1.165, 1.54) is 44.9 Å². The minimum atomic E-state index is -0.181. The Morgan fingerprint density at radius 1 is 1.07 bits per heavy atom. The zero-order valence-electron chi connectivity index (χ0n) is 18.2. The predicted octanol–water partition coefficient (Wildman–Crippen LogP) is 4.34. The normalized spacial score (nSPS) is 17.2. The summed E-state index contributed by atoms with van der Waals surface area (Å²) < 4.78 is 0. The molecule has 1 amide bonds. The lowest BCUT2D eigenvalue weighted by Crippen LogP contribution is -2.39. The van der Waals surface area contributed by atoms with Crippen LogP contribution in [-0.4, -0.2) is 47.5 Å². The molecule has 4 rings (SSSR count). The number of rotatable bonds is 8. The molecule has 1 N–H and O–H groups in total. The summed E-state index contributed by atoms with van der Waals surface area (Å²) in [5.41, 5.74) is 2.34. The number of nitrogens with zero attached hydrogens (tertiary/aromatic N) is 4. The summed E-state index contributed by atoms with van der Waals surface area (Å²) in [4.78, 5) is 26.4. The van der Waals surface area contributed by atoms with Gasteiger partial charge in [-0.05, 0) is 57.3 Å². The molecule has 0 unspecified atom stereocenters. The van der Waals surface area contributed by atoms with Crippen molar-refractivity contribution >= 4 is 17.4 Å². The second-order valence-corrected chi connectivity index (χ2v) is 9.00. The van der Waals surface area contributed by atoms with Crippen LogP contribution in [0, 0.1) is 5.92 Å². The van der Waals surface area contributed by atoms with E-state index in [1.54, 1.807) is 6.33 Å². The number of para-hydroxylation sites is 1. The van der Waals surface area contributed by atoms with Crippen LogP contribution >= 0.6 is 0 Å². The Balaban J connectivity index is 1.52. The zero-order chi connectivity index (χ0) is 20.9. The Bertz CT molecular complexity index is 858. The Labute approximate surface area is 179 Å². The number of aromatic nitrogens is 2. The summed E-state index contributed by atoms with van der Waals surface area (Å²) in [5, 5.41) is 3.06. The Hall–Kier alpha value is -2.47. The van der Waals surface area contributed by atoms with Gasteiger partial charge in [-0.15, -0.1) is 0 Å². The molecule has 0 radical (unpaired) electrons. The van der Waals surface area contributed by atoms with Crippen molar-refractivity contribution in [1.82, 2.24) is 14.9 Å². The monoisotopic (exact) mass is 407 g/mol. The van der Waals surface area contributed by atoms with Crippen molar-refractivity contribution in [1.29, 1.82) is 0 Å². The standard InChI is InChI=1S/C24H33N5O/c1-28(2)16-19-8-6-7-11-21(19)27-24(30)22-14-23(26-17-25-22)29(15-18-12-13-18)20-9-4-3-5-10-20/h6-8,11,14,17-18,20H,3-5,9-10,12-13,15-16H2,1-2H3,(H,27,30). The van der Waals surface area contributed by atoms with Crippen molar-refractivity contribution in [3.8, 4) is 0 Å². The molecule has 6 heteroatoms. The van der Waals surface area contributed by atoms with Crippen LogP contribution in [-0.2, 0) is 6.54 Å². The molecule has 0 aliphatic heterocycles. The van der Waals surface area contributed by atoms with E-state index in [2.05, 4.69) is 25.1 Å². The SMILES string of the molecule is CN(C)Cc1ccccc1NC(=O)c1cc(N(CC2CC2)C2CCCCC2)ncn1. The van der Waals surface area contributed by atoms with Gasteiger partial charge >= 0.3 is 0 Å². The van der Waals surface area contributed by atoms with Crippen LogP contribution in [0.2, 0.25) is 0 Å². The lowest BCUT2D eigenvalue weighted by Gasteiger charge is -2.35. The molecule has 2 saturated carbocycles. The molecule has 2 aliphatic carbocycles. The third kappa shape index (κ3) is 5.36. The van der Waals surface area contributed by atoms with Crippen LogP contribution in [0.3, 0.4) is 0 Å². The van der Waals surface area contributed by atoms with Gasteiger partial charge in [-0.25, -0.2) is 9.97 Å². The van der Waals surface area contributed by atoms with Crippen molar-refractivity contribution in [3.05, 3.63) is 47.9 Å². The molecule has 0 bridgehead atoms. The molecule has 1 aromatic heterocycles. The van der Waals surface area contributed by atoms with Crippen LogP contribution in [0.1, 0.15) is 61.0 Å².